The van der Waals surface area contributed by atoms with E-state index >= 15 is 0 Å². The first-order valence-electron chi connectivity index (χ1n) is 9.87. The number of nitrogens with zero attached hydrogens (tertiary/aromatic N) is 2. The second-order valence-corrected chi connectivity index (χ2v) is 8.68. The van der Waals surface area contributed by atoms with E-state index in [-0.39, 0.29) is 30.1 Å². The van der Waals surface area contributed by atoms with Gasteiger partial charge in [-0.15, -0.1) is 11.3 Å². The molecule has 4 atom stereocenters. The minimum Gasteiger partial charge on any atom is -0.396 e. The van der Waals surface area contributed by atoms with Crippen LogP contribution < -0.4 is 0 Å². The van der Waals surface area contributed by atoms with Crippen molar-refractivity contribution < 1.29 is 9.90 Å². The maximum absolute atomic E-state index is 13.1. The van der Waals surface area contributed by atoms with E-state index < -0.39 is 0 Å². The van der Waals surface area contributed by atoms with Crippen LogP contribution in [-0.2, 0) is 11.2 Å². The Morgan fingerprint density at radius 1 is 1.37 bits per heavy atom. The predicted octanol–water partition coefficient (Wildman–Crippen LogP) is 3.77. The van der Waals surface area contributed by atoms with Gasteiger partial charge in [-0.05, 0) is 38.4 Å². The van der Waals surface area contributed by atoms with Gasteiger partial charge in [0.25, 0.3) is 0 Å². The van der Waals surface area contributed by atoms with Crippen molar-refractivity contribution >= 4 is 17.1 Å². The number of thiazole rings is 1. The molecular formula is C22H30N2O2S. The van der Waals surface area contributed by atoms with Crippen molar-refractivity contribution in [3.63, 3.8) is 0 Å². The smallest absolute Gasteiger partial charge is 0.136 e. The molecule has 146 valence electrons. The minimum absolute atomic E-state index is 0.0127. The molecule has 0 amide bonds. The van der Waals surface area contributed by atoms with Crippen LogP contribution in [0.2, 0.25) is 0 Å². The lowest BCUT2D eigenvalue weighted by atomic mass is 9.80. The maximum atomic E-state index is 13.1. The highest BCUT2D eigenvalue weighted by atomic mass is 32.1. The first kappa shape index (κ1) is 20.2. The highest BCUT2D eigenvalue weighted by Crippen LogP contribution is 2.32. The van der Waals surface area contributed by atoms with Gasteiger partial charge in [0, 0.05) is 48.4 Å². The fourth-order valence-electron chi connectivity index (χ4n) is 4.34. The predicted molar refractivity (Wildman–Crippen MR) is 110 cm³/mol. The van der Waals surface area contributed by atoms with Crippen molar-refractivity contribution in [2.24, 2.45) is 11.8 Å². The molecule has 2 aromatic rings. The Bertz CT molecular complexity index is 704. The number of hydrogen-bond donors (Lipinski definition) is 1. The van der Waals surface area contributed by atoms with Crippen LogP contribution in [0.5, 0.6) is 0 Å². The summed E-state index contributed by atoms with van der Waals surface area (Å²) in [6, 6.07) is 10.6. The average molecular weight is 387 g/mol. The standard InChI is InChI=1S/C22H30N2O2S/c1-16(19(15-25)20-9-6-11-24(20)2)21(26)14-18(22-23-10-12-27-22)13-17-7-4-3-5-8-17/h3-5,7-8,10,12,16,18-20,25H,6,9,11,13-15H2,1-2H3/t16-,18-,19-,20+/m1/s1. The number of likely N-dealkylation sites (tertiary alicyclic amines) is 1. The molecule has 1 aromatic carbocycles. The quantitative estimate of drug-likeness (QED) is 0.713. The zero-order chi connectivity index (χ0) is 19.2. The molecule has 5 heteroatoms. The van der Waals surface area contributed by atoms with Crippen LogP contribution in [-0.4, -0.2) is 47.0 Å². The number of aromatic nitrogens is 1. The van der Waals surface area contributed by atoms with Gasteiger partial charge in [-0.2, -0.15) is 0 Å². The first-order valence-corrected chi connectivity index (χ1v) is 10.7. The van der Waals surface area contributed by atoms with E-state index in [1.807, 2.05) is 36.7 Å². The summed E-state index contributed by atoms with van der Waals surface area (Å²) in [5, 5.41) is 13.0. The highest BCUT2D eigenvalue weighted by Gasteiger charge is 2.36. The Morgan fingerprint density at radius 2 is 2.15 bits per heavy atom. The molecular weight excluding hydrogens is 356 g/mol. The third-order valence-corrected chi connectivity index (χ3v) is 6.94. The zero-order valence-electron chi connectivity index (χ0n) is 16.3. The van der Waals surface area contributed by atoms with Crippen molar-refractivity contribution in [1.29, 1.82) is 0 Å². The summed E-state index contributed by atoms with van der Waals surface area (Å²) in [7, 11) is 2.10. The van der Waals surface area contributed by atoms with Crippen LogP contribution >= 0.6 is 11.3 Å². The van der Waals surface area contributed by atoms with Crippen molar-refractivity contribution in [2.45, 2.75) is 44.6 Å². The fraction of sp³-hybridized carbons (Fsp3) is 0.545. The number of rotatable bonds is 9. The van der Waals surface area contributed by atoms with E-state index in [2.05, 4.69) is 29.1 Å². The van der Waals surface area contributed by atoms with E-state index in [9.17, 15) is 9.90 Å². The summed E-state index contributed by atoms with van der Waals surface area (Å²) < 4.78 is 0. The number of carbonyl (C=O) groups excluding carboxylic acids is 1. The molecule has 1 aliphatic heterocycles. The van der Waals surface area contributed by atoms with Crippen molar-refractivity contribution in [3.05, 3.63) is 52.5 Å². The molecule has 0 unspecified atom stereocenters. The monoisotopic (exact) mass is 386 g/mol. The molecule has 27 heavy (non-hydrogen) atoms. The number of ketones is 1. The van der Waals surface area contributed by atoms with Crippen LogP contribution in [0.25, 0.3) is 0 Å². The molecule has 1 fully saturated rings. The van der Waals surface area contributed by atoms with Gasteiger partial charge in [0.1, 0.15) is 5.78 Å². The summed E-state index contributed by atoms with van der Waals surface area (Å²) in [5.41, 5.74) is 1.23. The van der Waals surface area contributed by atoms with Gasteiger partial charge in [0.05, 0.1) is 5.01 Å². The normalized spacial score (nSPS) is 21.1. The molecule has 1 N–H and O–H groups in total. The second-order valence-electron chi connectivity index (χ2n) is 7.75. The molecule has 0 spiro atoms. The fourth-order valence-corrected chi connectivity index (χ4v) is 5.08. The third kappa shape index (κ3) is 5.03. The summed E-state index contributed by atoms with van der Waals surface area (Å²) >= 11 is 1.62. The molecule has 0 bridgehead atoms. The lowest BCUT2D eigenvalue weighted by molar-refractivity contribution is -0.125. The average Bonchev–Trinajstić information content (AvgIpc) is 3.35. The molecule has 1 saturated heterocycles. The van der Waals surface area contributed by atoms with Crippen molar-refractivity contribution in [1.82, 2.24) is 9.88 Å². The molecule has 1 aromatic heterocycles. The van der Waals surface area contributed by atoms with E-state index in [1.54, 1.807) is 11.3 Å². The summed E-state index contributed by atoms with van der Waals surface area (Å²) in [4.78, 5) is 19.9. The number of aliphatic hydroxyl groups is 1. The molecule has 0 aliphatic carbocycles. The Balaban J connectivity index is 1.71. The highest BCUT2D eigenvalue weighted by molar-refractivity contribution is 7.09. The Hall–Kier alpha value is -1.56. The van der Waals surface area contributed by atoms with Gasteiger partial charge in [0.2, 0.25) is 0 Å². The topological polar surface area (TPSA) is 53.4 Å². The SMILES string of the molecule is C[C@@H](C(=O)C[C@@H](Cc1ccccc1)c1nccs1)[C@@H](CO)[C@@H]1CCCN1C. The van der Waals surface area contributed by atoms with Crippen LogP contribution in [0.4, 0.5) is 0 Å². The van der Waals surface area contributed by atoms with Gasteiger partial charge in [-0.1, -0.05) is 37.3 Å². The van der Waals surface area contributed by atoms with Gasteiger partial charge in [0.15, 0.2) is 0 Å². The van der Waals surface area contributed by atoms with Crippen LogP contribution in [0.1, 0.15) is 42.7 Å². The lowest BCUT2D eigenvalue weighted by Gasteiger charge is -2.32. The number of hydrogen-bond acceptors (Lipinski definition) is 5. The first-order chi connectivity index (χ1) is 13.1. The van der Waals surface area contributed by atoms with Gasteiger partial charge in [-0.25, -0.2) is 4.98 Å². The van der Waals surface area contributed by atoms with Crippen LogP contribution in [0, 0.1) is 11.8 Å². The van der Waals surface area contributed by atoms with Gasteiger partial charge < -0.3 is 10.0 Å². The summed E-state index contributed by atoms with van der Waals surface area (Å²) in [6.07, 6.45) is 5.33. The largest absolute Gasteiger partial charge is 0.396 e. The number of Topliss-reactive ketones (excluding diaryl/α,β-unsaturated/α-hetero) is 1. The molecule has 0 saturated carbocycles. The van der Waals surface area contributed by atoms with E-state index in [4.69, 9.17) is 0 Å². The molecule has 4 nitrogen and oxygen atoms in total. The Morgan fingerprint density at radius 3 is 2.74 bits per heavy atom. The number of carbonyl (C=O) groups is 1. The van der Waals surface area contributed by atoms with Crippen LogP contribution in [0.15, 0.2) is 41.9 Å². The summed E-state index contributed by atoms with van der Waals surface area (Å²) in [5.74, 6) is 0.214. The Labute approximate surface area is 166 Å². The van der Waals surface area contributed by atoms with Crippen molar-refractivity contribution in [2.75, 3.05) is 20.2 Å². The molecule has 2 heterocycles. The van der Waals surface area contributed by atoms with Crippen molar-refractivity contribution in [3.8, 4) is 0 Å². The zero-order valence-corrected chi connectivity index (χ0v) is 17.1. The van der Waals surface area contributed by atoms with E-state index in [0.717, 1.165) is 30.8 Å². The van der Waals surface area contributed by atoms with E-state index in [0.29, 0.717) is 12.5 Å². The lowest BCUT2D eigenvalue weighted by Crippen LogP contribution is -2.40. The van der Waals surface area contributed by atoms with E-state index in [1.165, 1.54) is 5.56 Å². The van der Waals surface area contributed by atoms with Gasteiger partial charge >= 0.3 is 0 Å². The molecule has 3 rings (SSSR count). The molecule has 1 aliphatic rings. The minimum atomic E-state index is -0.140. The number of aliphatic hydroxyl groups excluding tert-OH is 1. The maximum Gasteiger partial charge on any atom is 0.136 e. The number of benzene rings is 1. The molecule has 0 radical (unpaired) electrons. The third-order valence-electron chi connectivity index (χ3n) is 6.01. The summed E-state index contributed by atoms with van der Waals surface area (Å²) in [6.45, 7) is 3.12. The van der Waals surface area contributed by atoms with Gasteiger partial charge in [-0.3, -0.25) is 4.79 Å². The second kappa shape index (κ2) is 9.58. The van der Waals surface area contributed by atoms with Crippen LogP contribution in [0.3, 0.4) is 0 Å². The Kier molecular flexibility index (Phi) is 7.16.